The number of nitrogens with zero attached hydrogens (tertiary/aromatic N) is 1. The molecule has 1 aromatic carbocycles. The zero-order chi connectivity index (χ0) is 17.7. The first-order valence-electron chi connectivity index (χ1n) is 7.89. The summed E-state index contributed by atoms with van der Waals surface area (Å²) in [5.41, 5.74) is 0.409. The van der Waals surface area contributed by atoms with Gasteiger partial charge in [-0.1, -0.05) is 11.6 Å². The molecule has 2 rings (SSSR count). The summed E-state index contributed by atoms with van der Waals surface area (Å²) in [6.45, 7) is 1.31. The van der Waals surface area contributed by atoms with Crippen LogP contribution in [0.5, 0.6) is 11.5 Å². The van der Waals surface area contributed by atoms with Crippen molar-refractivity contribution in [2.45, 2.75) is 25.3 Å². The second-order valence-electron chi connectivity index (χ2n) is 5.77. The van der Waals surface area contributed by atoms with Gasteiger partial charge in [-0.3, -0.25) is 0 Å². The molecule has 0 radical (unpaired) electrons. The van der Waals surface area contributed by atoms with Crippen LogP contribution in [0.25, 0.3) is 0 Å². The Bertz CT molecular complexity index is 668. The quantitative estimate of drug-likeness (QED) is 0.506. The predicted octanol–water partition coefficient (Wildman–Crippen LogP) is 1.19. The lowest BCUT2D eigenvalue weighted by molar-refractivity contribution is 0.286. The zero-order valence-electron chi connectivity index (χ0n) is 13.3. The molecule has 0 aliphatic carbocycles. The average Bonchev–Trinajstić information content (AvgIpc) is 3.01. The molecule has 1 unspecified atom stereocenters. The van der Waals surface area contributed by atoms with Gasteiger partial charge in [0.1, 0.15) is 11.5 Å². The standard InChI is InChI=1S/C15H23ClN2O5S/c16-12-9-11(14(20)10-15(12)21)13-3-1-6-18(13)24(22,23)8-5-17-4-2-7-19/h9-10,13,17,19-21H,1-8H2. The average molecular weight is 379 g/mol. The summed E-state index contributed by atoms with van der Waals surface area (Å²) in [6.07, 6.45) is 1.86. The monoisotopic (exact) mass is 378 g/mol. The lowest BCUT2D eigenvalue weighted by atomic mass is 10.0. The molecule has 0 spiro atoms. The minimum atomic E-state index is -3.49. The van der Waals surface area contributed by atoms with Crippen LogP contribution in [-0.4, -0.2) is 60.0 Å². The predicted molar refractivity (Wildman–Crippen MR) is 91.8 cm³/mol. The molecule has 4 N–H and O–H groups in total. The second-order valence-corrected chi connectivity index (χ2v) is 8.22. The molecular formula is C15H23ClN2O5S. The van der Waals surface area contributed by atoms with Crippen LogP contribution in [-0.2, 0) is 10.0 Å². The van der Waals surface area contributed by atoms with E-state index in [0.717, 1.165) is 6.07 Å². The molecule has 0 aromatic heterocycles. The number of rotatable bonds is 8. The number of phenols is 2. The minimum absolute atomic E-state index is 0.0541. The van der Waals surface area contributed by atoms with Crippen molar-refractivity contribution < 1.29 is 23.7 Å². The van der Waals surface area contributed by atoms with E-state index in [2.05, 4.69) is 5.32 Å². The van der Waals surface area contributed by atoms with Gasteiger partial charge in [-0.2, -0.15) is 4.31 Å². The highest BCUT2D eigenvalue weighted by molar-refractivity contribution is 7.89. The van der Waals surface area contributed by atoms with Crippen molar-refractivity contribution >= 4 is 21.6 Å². The van der Waals surface area contributed by atoms with Crippen molar-refractivity contribution in [3.8, 4) is 11.5 Å². The van der Waals surface area contributed by atoms with Gasteiger partial charge in [-0.25, -0.2) is 8.42 Å². The molecule has 1 aliphatic rings. The van der Waals surface area contributed by atoms with Crippen molar-refractivity contribution in [2.75, 3.05) is 32.0 Å². The molecule has 1 heterocycles. The highest BCUT2D eigenvalue weighted by Gasteiger charge is 2.36. The van der Waals surface area contributed by atoms with Crippen LogP contribution >= 0.6 is 11.6 Å². The molecule has 24 heavy (non-hydrogen) atoms. The fraction of sp³-hybridized carbons (Fsp3) is 0.600. The molecule has 1 atom stereocenters. The van der Waals surface area contributed by atoms with Gasteiger partial charge in [-0.15, -0.1) is 0 Å². The first-order valence-corrected chi connectivity index (χ1v) is 9.88. The van der Waals surface area contributed by atoms with Crippen molar-refractivity contribution in [3.63, 3.8) is 0 Å². The van der Waals surface area contributed by atoms with Gasteiger partial charge in [-0.05, 0) is 31.9 Å². The van der Waals surface area contributed by atoms with Crippen molar-refractivity contribution in [1.82, 2.24) is 9.62 Å². The Balaban J connectivity index is 2.11. The van der Waals surface area contributed by atoms with Crippen LogP contribution in [0.1, 0.15) is 30.9 Å². The number of aromatic hydroxyl groups is 2. The van der Waals surface area contributed by atoms with Crippen molar-refractivity contribution in [3.05, 3.63) is 22.7 Å². The Labute approximate surface area is 146 Å². The van der Waals surface area contributed by atoms with Crippen LogP contribution in [0.4, 0.5) is 0 Å². The van der Waals surface area contributed by atoms with Gasteiger partial charge < -0.3 is 20.6 Å². The summed E-state index contributed by atoms with van der Waals surface area (Å²) in [6, 6.07) is 2.08. The van der Waals surface area contributed by atoms with Gasteiger partial charge in [0.2, 0.25) is 10.0 Å². The number of nitrogens with one attached hydrogen (secondary N) is 1. The summed E-state index contributed by atoms with van der Waals surface area (Å²) in [4.78, 5) is 0. The molecule has 9 heteroatoms. The lowest BCUT2D eigenvalue weighted by Crippen LogP contribution is -2.36. The zero-order valence-corrected chi connectivity index (χ0v) is 14.9. The van der Waals surface area contributed by atoms with Gasteiger partial charge in [0, 0.05) is 31.3 Å². The smallest absolute Gasteiger partial charge is 0.215 e. The molecule has 1 aromatic rings. The molecule has 0 bridgehead atoms. The van der Waals surface area contributed by atoms with E-state index in [0.29, 0.717) is 44.5 Å². The van der Waals surface area contributed by atoms with Crippen LogP contribution < -0.4 is 5.32 Å². The Morgan fingerprint density at radius 2 is 2.00 bits per heavy atom. The lowest BCUT2D eigenvalue weighted by Gasteiger charge is -2.25. The highest BCUT2D eigenvalue weighted by Crippen LogP contribution is 2.42. The van der Waals surface area contributed by atoms with E-state index in [-0.39, 0.29) is 28.9 Å². The maximum Gasteiger partial charge on any atom is 0.215 e. The first kappa shape index (κ1) is 19.3. The Kier molecular flexibility index (Phi) is 6.70. The molecular weight excluding hydrogens is 356 g/mol. The summed E-state index contributed by atoms with van der Waals surface area (Å²) >= 11 is 5.90. The van der Waals surface area contributed by atoms with E-state index in [1.165, 1.54) is 10.4 Å². The maximum atomic E-state index is 12.6. The van der Waals surface area contributed by atoms with Crippen molar-refractivity contribution in [2.24, 2.45) is 0 Å². The maximum absolute atomic E-state index is 12.6. The van der Waals surface area contributed by atoms with Gasteiger partial charge in [0.25, 0.3) is 0 Å². The molecule has 0 amide bonds. The van der Waals surface area contributed by atoms with Gasteiger partial charge >= 0.3 is 0 Å². The number of hydrogen-bond donors (Lipinski definition) is 4. The van der Waals surface area contributed by atoms with E-state index in [1.807, 2.05) is 0 Å². The van der Waals surface area contributed by atoms with Crippen LogP contribution in [0.3, 0.4) is 0 Å². The van der Waals surface area contributed by atoms with Gasteiger partial charge in [0.15, 0.2) is 0 Å². The number of aliphatic hydroxyl groups excluding tert-OH is 1. The Hall–Kier alpha value is -1.06. The number of hydrogen-bond acceptors (Lipinski definition) is 6. The third-order valence-electron chi connectivity index (χ3n) is 4.06. The topological polar surface area (TPSA) is 110 Å². The Morgan fingerprint density at radius 1 is 1.25 bits per heavy atom. The molecule has 7 nitrogen and oxygen atoms in total. The number of halogens is 1. The Morgan fingerprint density at radius 3 is 2.71 bits per heavy atom. The van der Waals surface area contributed by atoms with E-state index < -0.39 is 16.1 Å². The largest absolute Gasteiger partial charge is 0.507 e. The normalized spacial score (nSPS) is 19.0. The van der Waals surface area contributed by atoms with E-state index in [1.54, 1.807) is 0 Å². The first-order chi connectivity index (χ1) is 11.4. The third-order valence-corrected chi connectivity index (χ3v) is 6.24. The minimum Gasteiger partial charge on any atom is -0.507 e. The SMILES string of the molecule is O=S(=O)(CCNCCCO)N1CCCC1c1cc(Cl)c(O)cc1O. The number of benzene rings is 1. The van der Waals surface area contributed by atoms with Crippen LogP contribution in [0, 0.1) is 0 Å². The number of phenolic OH excluding ortho intramolecular Hbond substituents is 2. The summed E-state index contributed by atoms with van der Waals surface area (Å²) in [5, 5.41) is 31.4. The highest BCUT2D eigenvalue weighted by atomic mass is 35.5. The summed E-state index contributed by atoms with van der Waals surface area (Å²) < 4.78 is 26.6. The summed E-state index contributed by atoms with van der Waals surface area (Å²) in [5.74, 6) is -0.454. The van der Waals surface area contributed by atoms with E-state index in [9.17, 15) is 18.6 Å². The molecule has 1 fully saturated rings. The fourth-order valence-electron chi connectivity index (χ4n) is 2.86. The van der Waals surface area contributed by atoms with E-state index >= 15 is 0 Å². The molecule has 0 saturated carbocycles. The number of aliphatic hydroxyl groups is 1. The van der Waals surface area contributed by atoms with Crippen LogP contribution in [0.2, 0.25) is 5.02 Å². The second kappa shape index (κ2) is 8.35. The van der Waals surface area contributed by atoms with E-state index in [4.69, 9.17) is 16.7 Å². The molecule has 1 aliphatic heterocycles. The third kappa shape index (κ3) is 4.52. The van der Waals surface area contributed by atoms with Crippen LogP contribution in [0.15, 0.2) is 12.1 Å². The van der Waals surface area contributed by atoms with Gasteiger partial charge in [0.05, 0.1) is 16.8 Å². The molecule has 1 saturated heterocycles. The molecule has 136 valence electrons. The summed E-state index contributed by atoms with van der Waals surface area (Å²) in [7, 11) is -3.49. The number of sulfonamides is 1. The fourth-order valence-corrected chi connectivity index (χ4v) is 4.69. The van der Waals surface area contributed by atoms with Crippen molar-refractivity contribution in [1.29, 1.82) is 0 Å².